The van der Waals surface area contributed by atoms with Gasteiger partial charge in [-0.3, -0.25) is 5.32 Å². The second-order valence-electron chi connectivity index (χ2n) is 5.40. The quantitative estimate of drug-likeness (QED) is 0.705. The van der Waals surface area contributed by atoms with Gasteiger partial charge in [0.15, 0.2) is 11.5 Å². The van der Waals surface area contributed by atoms with E-state index in [9.17, 15) is 9.18 Å². The van der Waals surface area contributed by atoms with Crippen molar-refractivity contribution in [1.29, 1.82) is 0 Å². The van der Waals surface area contributed by atoms with E-state index in [4.69, 9.17) is 9.47 Å². The zero-order valence-corrected chi connectivity index (χ0v) is 14.9. The molecule has 3 aromatic rings. The number of aromatic nitrogens is 2. The third-order valence-electron chi connectivity index (χ3n) is 3.73. The maximum atomic E-state index is 13.8. The van der Waals surface area contributed by atoms with E-state index in [0.717, 1.165) is 5.39 Å². The molecule has 0 saturated carbocycles. The topological polar surface area (TPSA) is 94.6 Å². The van der Waals surface area contributed by atoms with Crippen molar-refractivity contribution < 1.29 is 23.4 Å². The predicted octanol–water partition coefficient (Wildman–Crippen LogP) is 3.71. The van der Waals surface area contributed by atoms with Crippen LogP contribution in [0.4, 0.5) is 26.5 Å². The molecule has 0 fully saturated rings. The molecule has 2 aromatic carbocycles. The Kier molecular flexibility index (Phi) is 5.20. The molecule has 0 unspecified atom stereocenters. The van der Waals surface area contributed by atoms with Crippen molar-refractivity contribution in [2.24, 2.45) is 0 Å². The van der Waals surface area contributed by atoms with E-state index in [2.05, 4.69) is 25.3 Å². The monoisotopic (exact) mass is 372 g/mol. The summed E-state index contributed by atoms with van der Waals surface area (Å²) in [5.74, 6) is 0.819. The van der Waals surface area contributed by atoms with Crippen LogP contribution >= 0.6 is 0 Å². The van der Waals surface area contributed by atoms with Crippen LogP contribution in [-0.4, -0.2) is 37.4 Å². The molecule has 0 saturated heterocycles. The molecule has 3 rings (SSSR count). The zero-order valence-electron chi connectivity index (χ0n) is 14.9. The summed E-state index contributed by atoms with van der Waals surface area (Å²) in [6.45, 7) is 0. The van der Waals surface area contributed by atoms with Gasteiger partial charge in [0.25, 0.3) is 0 Å². The minimum atomic E-state index is -0.769. The molecular formula is C18H17FN4O4. The third kappa shape index (κ3) is 3.97. The summed E-state index contributed by atoms with van der Waals surface area (Å²) < 4.78 is 28.8. The van der Waals surface area contributed by atoms with Gasteiger partial charge in [-0.2, -0.15) is 0 Å². The van der Waals surface area contributed by atoms with Crippen LogP contribution in [0.3, 0.4) is 0 Å². The largest absolute Gasteiger partial charge is 0.493 e. The van der Waals surface area contributed by atoms with Crippen LogP contribution in [0.5, 0.6) is 11.5 Å². The lowest BCUT2D eigenvalue weighted by Gasteiger charge is -2.11. The molecule has 0 aliphatic heterocycles. The first-order valence-corrected chi connectivity index (χ1v) is 7.84. The van der Waals surface area contributed by atoms with Gasteiger partial charge in [-0.25, -0.2) is 19.2 Å². The first-order chi connectivity index (χ1) is 13.0. The number of methoxy groups -OCH3 is 3. The second-order valence-corrected chi connectivity index (χ2v) is 5.40. The number of halogens is 1. The molecule has 0 radical (unpaired) electrons. The molecule has 1 aromatic heterocycles. The highest BCUT2D eigenvalue weighted by atomic mass is 19.1. The SMILES string of the molecule is COC(=O)Nc1cc(Nc2ncc3cc(OC)c(OC)cc3n2)ccc1F. The molecule has 0 aliphatic carbocycles. The van der Waals surface area contributed by atoms with Crippen LogP contribution in [0.25, 0.3) is 10.9 Å². The van der Waals surface area contributed by atoms with Crippen molar-refractivity contribution in [3.63, 3.8) is 0 Å². The fourth-order valence-electron chi connectivity index (χ4n) is 2.41. The Morgan fingerprint density at radius 2 is 1.81 bits per heavy atom. The molecule has 2 N–H and O–H groups in total. The van der Waals surface area contributed by atoms with Crippen molar-refractivity contribution >= 4 is 34.3 Å². The van der Waals surface area contributed by atoms with Gasteiger partial charge in [-0.15, -0.1) is 0 Å². The number of ether oxygens (including phenoxy) is 3. The average Bonchev–Trinajstić information content (AvgIpc) is 2.69. The van der Waals surface area contributed by atoms with Crippen LogP contribution in [-0.2, 0) is 4.74 Å². The minimum Gasteiger partial charge on any atom is -0.493 e. The molecular weight excluding hydrogens is 355 g/mol. The summed E-state index contributed by atoms with van der Waals surface area (Å²) in [4.78, 5) is 20.0. The fourth-order valence-corrected chi connectivity index (χ4v) is 2.41. The molecule has 0 atom stereocenters. The van der Waals surface area contributed by atoms with Crippen LogP contribution in [0.1, 0.15) is 0 Å². The van der Waals surface area contributed by atoms with E-state index in [-0.39, 0.29) is 5.69 Å². The molecule has 140 valence electrons. The molecule has 1 heterocycles. The standard InChI is InChI=1S/C18H17FN4O4/c1-25-15-6-10-9-20-17(22-13(10)8-16(15)26-2)21-11-4-5-12(19)14(7-11)23-18(24)27-3/h4-9H,1-3H3,(H,23,24)(H,20,21,22). The number of anilines is 3. The van der Waals surface area contributed by atoms with Gasteiger partial charge in [-0.1, -0.05) is 0 Å². The maximum Gasteiger partial charge on any atom is 0.411 e. The van der Waals surface area contributed by atoms with Crippen molar-refractivity contribution in [3.8, 4) is 11.5 Å². The Balaban J connectivity index is 1.90. The van der Waals surface area contributed by atoms with E-state index in [1.807, 2.05) is 0 Å². The molecule has 0 bridgehead atoms. The smallest absolute Gasteiger partial charge is 0.411 e. The van der Waals surface area contributed by atoms with Crippen LogP contribution in [0, 0.1) is 5.82 Å². The van der Waals surface area contributed by atoms with Crippen LogP contribution < -0.4 is 20.1 Å². The van der Waals surface area contributed by atoms with Gasteiger partial charge in [0.2, 0.25) is 5.95 Å². The van der Waals surface area contributed by atoms with Gasteiger partial charge in [0, 0.05) is 23.3 Å². The Morgan fingerprint density at radius 3 is 2.52 bits per heavy atom. The number of carbonyl (C=O) groups excluding carboxylic acids is 1. The van der Waals surface area contributed by atoms with E-state index >= 15 is 0 Å². The van der Waals surface area contributed by atoms with Crippen LogP contribution in [0.2, 0.25) is 0 Å². The lowest BCUT2D eigenvalue weighted by Crippen LogP contribution is -2.12. The molecule has 0 aliphatic rings. The summed E-state index contributed by atoms with van der Waals surface area (Å²) >= 11 is 0. The summed E-state index contributed by atoms with van der Waals surface area (Å²) in [5.41, 5.74) is 1.10. The van der Waals surface area contributed by atoms with Gasteiger partial charge in [0.1, 0.15) is 5.82 Å². The summed E-state index contributed by atoms with van der Waals surface area (Å²) in [5, 5.41) is 6.03. The number of hydrogen-bond acceptors (Lipinski definition) is 7. The first kappa shape index (κ1) is 18.2. The number of nitrogens with one attached hydrogen (secondary N) is 2. The van der Waals surface area contributed by atoms with Crippen molar-refractivity contribution in [3.05, 3.63) is 42.3 Å². The lowest BCUT2D eigenvalue weighted by molar-refractivity contribution is 0.187. The number of carbonyl (C=O) groups is 1. The van der Waals surface area contributed by atoms with Crippen molar-refractivity contribution in [2.45, 2.75) is 0 Å². The number of hydrogen-bond donors (Lipinski definition) is 2. The number of benzene rings is 2. The lowest BCUT2D eigenvalue weighted by atomic mass is 10.2. The molecule has 9 heteroatoms. The first-order valence-electron chi connectivity index (χ1n) is 7.84. The number of fused-ring (bicyclic) bond motifs is 1. The normalized spacial score (nSPS) is 10.4. The highest BCUT2D eigenvalue weighted by molar-refractivity contribution is 5.86. The van der Waals surface area contributed by atoms with Crippen LogP contribution in [0.15, 0.2) is 36.5 Å². The van der Waals surface area contributed by atoms with Gasteiger partial charge in [-0.05, 0) is 24.3 Å². The van der Waals surface area contributed by atoms with Crippen molar-refractivity contribution in [1.82, 2.24) is 9.97 Å². The molecule has 8 nitrogen and oxygen atoms in total. The number of rotatable bonds is 5. The van der Waals surface area contributed by atoms with Gasteiger partial charge in [0.05, 0.1) is 32.5 Å². The van der Waals surface area contributed by atoms with E-state index in [1.54, 1.807) is 32.5 Å². The van der Waals surface area contributed by atoms with E-state index in [0.29, 0.717) is 28.7 Å². The summed E-state index contributed by atoms with van der Waals surface area (Å²) in [6.07, 6.45) is 0.859. The minimum absolute atomic E-state index is 0.0287. The predicted molar refractivity (Wildman–Crippen MR) is 98.4 cm³/mol. The Labute approximate surface area is 154 Å². The average molecular weight is 372 g/mol. The fraction of sp³-hybridized carbons (Fsp3) is 0.167. The molecule has 1 amide bonds. The zero-order chi connectivity index (χ0) is 19.4. The maximum absolute atomic E-state index is 13.8. The highest BCUT2D eigenvalue weighted by Gasteiger charge is 2.11. The number of nitrogens with zero attached hydrogens (tertiary/aromatic N) is 2. The summed E-state index contributed by atoms with van der Waals surface area (Å²) in [6, 6.07) is 7.63. The van der Waals surface area contributed by atoms with E-state index < -0.39 is 11.9 Å². The van der Waals surface area contributed by atoms with E-state index in [1.165, 1.54) is 25.3 Å². The Hall–Kier alpha value is -3.62. The highest BCUT2D eigenvalue weighted by Crippen LogP contribution is 2.31. The Bertz CT molecular complexity index is 997. The number of amides is 1. The third-order valence-corrected chi connectivity index (χ3v) is 3.73. The Morgan fingerprint density at radius 1 is 1.07 bits per heavy atom. The molecule has 0 spiro atoms. The van der Waals surface area contributed by atoms with Crippen molar-refractivity contribution in [2.75, 3.05) is 32.0 Å². The summed E-state index contributed by atoms with van der Waals surface area (Å²) in [7, 11) is 4.29. The van der Waals surface area contributed by atoms with Gasteiger partial charge < -0.3 is 19.5 Å². The molecule has 27 heavy (non-hydrogen) atoms. The second kappa shape index (κ2) is 7.73. The van der Waals surface area contributed by atoms with Gasteiger partial charge >= 0.3 is 6.09 Å².